The Hall–Kier alpha value is -0.470. The zero-order valence-corrected chi connectivity index (χ0v) is 15.2. The zero-order chi connectivity index (χ0) is 16.0. The molecule has 22 heavy (non-hydrogen) atoms. The van der Waals surface area contributed by atoms with Crippen LogP contribution in [0, 0.1) is 5.92 Å². The first-order chi connectivity index (χ1) is 10.7. The van der Waals surface area contributed by atoms with Gasteiger partial charge in [-0.3, -0.25) is 0 Å². The molecule has 0 N–H and O–H groups in total. The number of ether oxygens (including phenoxy) is 3. The van der Waals surface area contributed by atoms with Crippen molar-refractivity contribution in [1.29, 1.82) is 0 Å². The van der Waals surface area contributed by atoms with E-state index >= 15 is 0 Å². The molecule has 0 aliphatic heterocycles. The van der Waals surface area contributed by atoms with Crippen molar-refractivity contribution >= 4 is 13.2 Å². The molecule has 0 aromatic heterocycles. The van der Waals surface area contributed by atoms with Gasteiger partial charge in [0.05, 0.1) is 13.2 Å². The molecule has 0 radical (unpaired) electrons. The van der Waals surface area contributed by atoms with Gasteiger partial charge in [-0.2, -0.15) is 0 Å². The van der Waals surface area contributed by atoms with Gasteiger partial charge >= 0.3 is 0 Å². The number of rotatable bonds is 13. The molecule has 0 saturated carbocycles. The maximum Gasteiger partial charge on any atom is 0.146 e. The van der Waals surface area contributed by atoms with Crippen LogP contribution in [0.25, 0.3) is 0 Å². The van der Waals surface area contributed by atoms with Crippen LogP contribution >= 0.6 is 7.92 Å². The summed E-state index contributed by atoms with van der Waals surface area (Å²) in [5.74, 6) is 0.771. The number of hydrogen-bond donors (Lipinski definition) is 0. The van der Waals surface area contributed by atoms with Crippen LogP contribution in [0.2, 0.25) is 0 Å². The Morgan fingerprint density at radius 1 is 0.955 bits per heavy atom. The van der Waals surface area contributed by atoms with E-state index in [0.717, 1.165) is 31.7 Å². The minimum atomic E-state index is -0.0948. The molecule has 0 aliphatic rings. The van der Waals surface area contributed by atoms with Gasteiger partial charge in [0, 0.05) is 13.7 Å². The lowest BCUT2D eigenvalue weighted by molar-refractivity contribution is -0.0363. The molecule has 1 unspecified atom stereocenters. The van der Waals surface area contributed by atoms with E-state index in [0.29, 0.717) is 13.4 Å². The Morgan fingerprint density at radius 3 is 2.36 bits per heavy atom. The van der Waals surface area contributed by atoms with Crippen LogP contribution in [0.15, 0.2) is 30.3 Å². The number of methoxy groups -OCH3 is 1. The van der Waals surface area contributed by atoms with Crippen LogP contribution in [0.5, 0.6) is 0 Å². The third kappa shape index (κ3) is 9.53. The summed E-state index contributed by atoms with van der Waals surface area (Å²) < 4.78 is 15.9. The molecule has 126 valence electrons. The fraction of sp³-hybridized carbons (Fsp3) is 0.667. The van der Waals surface area contributed by atoms with Gasteiger partial charge in [0.1, 0.15) is 6.79 Å². The number of hydrogen-bond acceptors (Lipinski definition) is 3. The fourth-order valence-corrected chi connectivity index (χ4v) is 4.62. The van der Waals surface area contributed by atoms with Crippen molar-refractivity contribution in [1.82, 2.24) is 0 Å². The van der Waals surface area contributed by atoms with E-state index in [2.05, 4.69) is 44.2 Å². The van der Waals surface area contributed by atoms with E-state index in [1.54, 1.807) is 7.11 Å². The predicted molar refractivity (Wildman–Crippen MR) is 95.4 cm³/mol. The van der Waals surface area contributed by atoms with E-state index < -0.39 is 0 Å². The van der Waals surface area contributed by atoms with Crippen LogP contribution in [0.4, 0.5) is 0 Å². The fourth-order valence-electron chi connectivity index (χ4n) is 2.10. The first-order valence-electron chi connectivity index (χ1n) is 8.18. The second-order valence-electron chi connectivity index (χ2n) is 5.79. The topological polar surface area (TPSA) is 27.7 Å². The molecule has 0 amide bonds. The first-order valence-corrected chi connectivity index (χ1v) is 9.89. The molecule has 0 aliphatic carbocycles. The SMILES string of the molecule is COCOCCCOCCP(CCC(C)C)c1ccccc1. The summed E-state index contributed by atoms with van der Waals surface area (Å²) >= 11 is 0. The van der Waals surface area contributed by atoms with Gasteiger partial charge in [0.2, 0.25) is 0 Å². The molecule has 0 fully saturated rings. The Kier molecular flexibility index (Phi) is 11.6. The average Bonchev–Trinajstić information content (AvgIpc) is 2.53. The molecule has 0 saturated heterocycles. The van der Waals surface area contributed by atoms with E-state index in [1.807, 2.05) is 0 Å². The van der Waals surface area contributed by atoms with Crippen molar-refractivity contribution in [3.05, 3.63) is 30.3 Å². The Bertz CT molecular complexity index is 357. The summed E-state index contributed by atoms with van der Waals surface area (Å²) in [5, 5.41) is 1.50. The van der Waals surface area contributed by atoms with Gasteiger partial charge in [-0.25, -0.2) is 0 Å². The second-order valence-corrected chi connectivity index (χ2v) is 8.28. The first kappa shape index (κ1) is 19.6. The molecule has 0 bridgehead atoms. The minimum absolute atomic E-state index is 0.0948. The summed E-state index contributed by atoms with van der Waals surface area (Å²) in [6, 6.07) is 10.9. The van der Waals surface area contributed by atoms with Crippen LogP contribution in [-0.4, -0.2) is 46.0 Å². The summed E-state index contributed by atoms with van der Waals surface area (Å²) in [6.07, 6.45) is 4.69. The maximum absolute atomic E-state index is 5.77. The van der Waals surface area contributed by atoms with Gasteiger partial charge in [-0.1, -0.05) is 52.1 Å². The van der Waals surface area contributed by atoms with Gasteiger partial charge in [0.15, 0.2) is 0 Å². The Morgan fingerprint density at radius 2 is 1.68 bits per heavy atom. The highest BCUT2D eigenvalue weighted by Crippen LogP contribution is 2.35. The molecule has 0 spiro atoms. The summed E-state index contributed by atoms with van der Waals surface area (Å²) in [4.78, 5) is 0. The second kappa shape index (κ2) is 13.0. The molecular weight excluding hydrogens is 295 g/mol. The minimum Gasteiger partial charge on any atom is -0.381 e. The molecule has 1 aromatic carbocycles. The highest BCUT2D eigenvalue weighted by Gasteiger charge is 2.11. The third-order valence-corrected chi connectivity index (χ3v) is 5.93. The van der Waals surface area contributed by atoms with E-state index in [1.165, 1.54) is 17.9 Å². The lowest BCUT2D eigenvalue weighted by Crippen LogP contribution is -2.12. The molecule has 1 rings (SSSR count). The normalized spacial score (nSPS) is 12.7. The highest BCUT2D eigenvalue weighted by molar-refractivity contribution is 7.65. The van der Waals surface area contributed by atoms with Crippen LogP contribution in [0.3, 0.4) is 0 Å². The predicted octanol–water partition coefficient (Wildman–Crippen LogP) is 3.87. The summed E-state index contributed by atoms with van der Waals surface area (Å²) in [5.41, 5.74) is 0. The lowest BCUT2D eigenvalue weighted by Gasteiger charge is -2.19. The van der Waals surface area contributed by atoms with Crippen molar-refractivity contribution in [3.63, 3.8) is 0 Å². The van der Waals surface area contributed by atoms with Gasteiger partial charge in [0.25, 0.3) is 0 Å². The summed E-state index contributed by atoms with van der Waals surface area (Å²) in [7, 11) is 1.54. The highest BCUT2D eigenvalue weighted by atomic mass is 31.1. The molecule has 1 aromatic rings. The Balaban J connectivity index is 2.24. The van der Waals surface area contributed by atoms with Crippen LogP contribution in [-0.2, 0) is 14.2 Å². The zero-order valence-electron chi connectivity index (χ0n) is 14.3. The van der Waals surface area contributed by atoms with Crippen molar-refractivity contribution in [2.45, 2.75) is 26.7 Å². The quantitative estimate of drug-likeness (QED) is 0.313. The van der Waals surface area contributed by atoms with Crippen molar-refractivity contribution in [2.75, 3.05) is 46.0 Å². The lowest BCUT2D eigenvalue weighted by atomic mass is 10.2. The van der Waals surface area contributed by atoms with Crippen molar-refractivity contribution < 1.29 is 14.2 Å². The Labute approximate surface area is 137 Å². The average molecular weight is 326 g/mol. The molecule has 3 nitrogen and oxygen atoms in total. The largest absolute Gasteiger partial charge is 0.381 e. The third-order valence-electron chi connectivity index (χ3n) is 3.38. The van der Waals surface area contributed by atoms with Crippen LogP contribution < -0.4 is 5.30 Å². The maximum atomic E-state index is 5.77. The number of benzene rings is 1. The van der Waals surface area contributed by atoms with Crippen molar-refractivity contribution in [2.24, 2.45) is 5.92 Å². The van der Waals surface area contributed by atoms with E-state index in [-0.39, 0.29) is 7.92 Å². The monoisotopic (exact) mass is 326 g/mol. The smallest absolute Gasteiger partial charge is 0.146 e. The molecule has 1 atom stereocenters. The van der Waals surface area contributed by atoms with E-state index in [9.17, 15) is 0 Å². The molecular formula is C18H31O3P. The van der Waals surface area contributed by atoms with E-state index in [4.69, 9.17) is 14.2 Å². The van der Waals surface area contributed by atoms with Crippen molar-refractivity contribution in [3.8, 4) is 0 Å². The van der Waals surface area contributed by atoms with Crippen LogP contribution in [0.1, 0.15) is 26.7 Å². The molecule has 4 heteroatoms. The van der Waals surface area contributed by atoms with Gasteiger partial charge in [-0.15, -0.1) is 0 Å². The van der Waals surface area contributed by atoms with Gasteiger partial charge < -0.3 is 14.2 Å². The van der Waals surface area contributed by atoms with Gasteiger partial charge in [-0.05, 0) is 36.4 Å². The summed E-state index contributed by atoms with van der Waals surface area (Å²) in [6.45, 7) is 7.29. The molecule has 0 heterocycles. The standard InChI is InChI=1S/C18H31O3P/c1-17(2)10-14-22(18-8-5-4-6-9-18)15-13-20-11-7-12-21-16-19-3/h4-6,8-9,17H,7,10-16H2,1-3H3.